The van der Waals surface area contributed by atoms with Crippen molar-refractivity contribution >= 4 is 0 Å². The van der Waals surface area contributed by atoms with E-state index in [4.69, 9.17) is 5.11 Å². The second-order valence-corrected chi connectivity index (χ2v) is 2.69. The lowest BCUT2D eigenvalue weighted by Gasteiger charge is -1.89. The van der Waals surface area contributed by atoms with Crippen LogP contribution in [0, 0.1) is 6.92 Å². The van der Waals surface area contributed by atoms with E-state index in [1.54, 1.807) is 24.3 Å². The fraction of sp³-hybridized carbons (Fsp3) is 0.368. The molecule has 1 N–H and O–H groups in total. The molecule has 0 fully saturated rings. The van der Waals surface area contributed by atoms with E-state index in [1.807, 2.05) is 72.8 Å². The van der Waals surface area contributed by atoms with Gasteiger partial charge in [0.05, 0.1) is 0 Å². The summed E-state index contributed by atoms with van der Waals surface area (Å²) in [6.07, 6.45) is 7.07. The molecule has 1 aromatic rings. The first-order valence-corrected chi connectivity index (χ1v) is 7.36. The molecule has 0 aromatic heterocycles. The van der Waals surface area contributed by atoms with Gasteiger partial charge in [0.2, 0.25) is 0 Å². The highest BCUT2D eigenvalue weighted by Crippen LogP contribution is 2.07. The molecule has 0 saturated carbocycles. The molecule has 116 valence electrons. The fourth-order valence-corrected chi connectivity index (χ4v) is 0.702. The molecular formula is C19H34O. The van der Waals surface area contributed by atoms with E-state index in [0.29, 0.717) is 5.75 Å². The second-order valence-electron chi connectivity index (χ2n) is 2.69. The summed E-state index contributed by atoms with van der Waals surface area (Å²) in [5.41, 5.74) is 1.17. The van der Waals surface area contributed by atoms with Gasteiger partial charge >= 0.3 is 0 Å². The summed E-state index contributed by atoms with van der Waals surface area (Å²) in [6, 6.07) is 7.09. The van der Waals surface area contributed by atoms with Crippen molar-refractivity contribution in [3.05, 3.63) is 67.3 Å². The van der Waals surface area contributed by atoms with Gasteiger partial charge in [-0.05, 0) is 19.1 Å². The van der Waals surface area contributed by atoms with Crippen LogP contribution < -0.4 is 0 Å². The van der Waals surface area contributed by atoms with Crippen LogP contribution in [0.25, 0.3) is 0 Å². The van der Waals surface area contributed by atoms with Crippen molar-refractivity contribution in [2.24, 2.45) is 0 Å². The summed E-state index contributed by atoms with van der Waals surface area (Å²) in [5.74, 6) is 0.329. The molecule has 0 unspecified atom stereocenters. The highest BCUT2D eigenvalue weighted by molar-refractivity contribution is 5.24. The van der Waals surface area contributed by atoms with Gasteiger partial charge in [-0.3, -0.25) is 0 Å². The van der Waals surface area contributed by atoms with Crippen molar-refractivity contribution < 1.29 is 5.11 Å². The van der Waals surface area contributed by atoms with Crippen molar-refractivity contribution in [2.45, 2.75) is 48.5 Å². The molecule has 1 rings (SSSR count). The predicted molar refractivity (Wildman–Crippen MR) is 96.4 cm³/mol. The topological polar surface area (TPSA) is 20.2 Å². The van der Waals surface area contributed by atoms with Crippen LogP contribution in [0.2, 0.25) is 0 Å². The molecule has 0 saturated heterocycles. The number of allylic oxidation sites excluding steroid dienone is 4. The molecule has 0 aliphatic carbocycles. The summed E-state index contributed by atoms with van der Waals surface area (Å²) >= 11 is 0. The van der Waals surface area contributed by atoms with Gasteiger partial charge in [0.25, 0.3) is 0 Å². The lowest BCUT2D eigenvalue weighted by atomic mass is 10.2. The number of aryl methyl sites for hydroxylation is 1. The molecule has 1 heteroatoms. The normalized spacial score (nSPS) is 7.15. The van der Waals surface area contributed by atoms with Gasteiger partial charge in [0.1, 0.15) is 5.75 Å². The van der Waals surface area contributed by atoms with Crippen LogP contribution in [-0.2, 0) is 0 Å². The molecule has 0 atom stereocenters. The van der Waals surface area contributed by atoms with E-state index in [0.717, 1.165) is 0 Å². The average Bonchev–Trinajstić information content (AvgIpc) is 2.54. The summed E-state index contributed by atoms with van der Waals surface area (Å²) in [4.78, 5) is 0. The third-order valence-corrected chi connectivity index (χ3v) is 1.42. The van der Waals surface area contributed by atoms with Crippen molar-refractivity contribution in [3.63, 3.8) is 0 Å². The summed E-state index contributed by atoms with van der Waals surface area (Å²) in [6.45, 7) is 20.9. The first kappa shape index (κ1) is 26.7. The van der Waals surface area contributed by atoms with E-state index in [1.165, 1.54) is 5.56 Å². The Hall–Kier alpha value is -1.76. The van der Waals surface area contributed by atoms with Gasteiger partial charge in [-0.2, -0.15) is 0 Å². The fourth-order valence-electron chi connectivity index (χ4n) is 0.702. The summed E-state index contributed by atoms with van der Waals surface area (Å²) < 4.78 is 0. The Kier molecular flexibility index (Phi) is 40.6. The van der Waals surface area contributed by atoms with Crippen LogP contribution in [0.4, 0.5) is 0 Å². The van der Waals surface area contributed by atoms with Crippen molar-refractivity contribution in [1.29, 1.82) is 0 Å². The zero-order chi connectivity index (χ0) is 16.8. The monoisotopic (exact) mass is 278 g/mol. The molecule has 1 nitrogen and oxygen atoms in total. The Morgan fingerprint density at radius 1 is 0.750 bits per heavy atom. The van der Waals surface area contributed by atoms with Crippen LogP contribution in [0.5, 0.6) is 5.75 Å². The van der Waals surface area contributed by atoms with Crippen molar-refractivity contribution in [3.8, 4) is 5.75 Å². The Morgan fingerprint density at radius 3 is 1.25 bits per heavy atom. The van der Waals surface area contributed by atoms with Crippen molar-refractivity contribution in [1.82, 2.24) is 0 Å². The molecule has 0 radical (unpaired) electrons. The standard InChI is InChI=1S/C7H8O.C6H8.3C2H6/c1-6-2-4-7(8)5-3-6;1-3-5-6-4-2;3*1-2/h2-5,8H,1H3;3-6H,1-2H2;3*1-2H3/b;6-5-;;;. The number of aromatic hydroxyl groups is 1. The van der Waals surface area contributed by atoms with E-state index in [-0.39, 0.29) is 0 Å². The molecule has 0 spiro atoms. The van der Waals surface area contributed by atoms with Crippen molar-refractivity contribution in [2.75, 3.05) is 0 Å². The molecule has 0 bridgehead atoms. The van der Waals surface area contributed by atoms with Gasteiger partial charge in [0, 0.05) is 0 Å². The third-order valence-electron chi connectivity index (χ3n) is 1.42. The van der Waals surface area contributed by atoms with Crippen LogP contribution in [0.1, 0.15) is 47.1 Å². The van der Waals surface area contributed by atoms with Gasteiger partial charge in [0.15, 0.2) is 0 Å². The molecular weight excluding hydrogens is 244 g/mol. The summed E-state index contributed by atoms with van der Waals surface area (Å²) in [7, 11) is 0. The number of hydrogen-bond donors (Lipinski definition) is 1. The first-order chi connectivity index (χ1) is 9.70. The highest BCUT2D eigenvalue weighted by Gasteiger charge is 1.82. The largest absolute Gasteiger partial charge is 0.508 e. The third kappa shape index (κ3) is 29.9. The number of hydrogen-bond acceptors (Lipinski definition) is 1. The smallest absolute Gasteiger partial charge is 0.115 e. The molecule has 20 heavy (non-hydrogen) atoms. The van der Waals surface area contributed by atoms with E-state index < -0.39 is 0 Å². The maximum Gasteiger partial charge on any atom is 0.115 e. The van der Waals surface area contributed by atoms with E-state index >= 15 is 0 Å². The Labute approximate surface area is 127 Å². The highest BCUT2D eigenvalue weighted by atomic mass is 16.3. The van der Waals surface area contributed by atoms with Crippen LogP contribution in [-0.4, -0.2) is 5.11 Å². The van der Waals surface area contributed by atoms with Gasteiger partial charge < -0.3 is 5.11 Å². The van der Waals surface area contributed by atoms with Gasteiger partial charge in [-0.25, -0.2) is 0 Å². The zero-order valence-corrected chi connectivity index (χ0v) is 14.5. The number of benzene rings is 1. The Bertz CT molecular complexity index is 263. The lowest BCUT2D eigenvalue weighted by Crippen LogP contribution is -1.66. The molecule has 0 amide bonds. The maximum absolute atomic E-state index is 8.76. The second kappa shape index (κ2) is 30.3. The molecule has 1 aromatic carbocycles. The molecule has 0 heterocycles. The minimum Gasteiger partial charge on any atom is -0.508 e. The minimum atomic E-state index is 0.329. The van der Waals surface area contributed by atoms with Crippen LogP contribution in [0.15, 0.2) is 61.7 Å². The minimum absolute atomic E-state index is 0.329. The summed E-state index contributed by atoms with van der Waals surface area (Å²) in [5, 5.41) is 8.76. The van der Waals surface area contributed by atoms with Crippen LogP contribution in [0.3, 0.4) is 0 Å². The Balaban J connectivity index is -0.0000000952. The van der Waals surface area contributed by atoms with Gasteiger partial charge in [-0.15, -0.1) is 0 Å². The van der Waals surface area contributed by atoms with E-state index in [2.05, 4.69) is 13.2 Å². The molecule has 0 aliphatic heterocycles. The quantitative estimate of drug-likeness (QED) is 0.597. The maximum atomic E-state index is 8.76. The number of phenolic OH excluding ortho intramolecular Hbond substituents is 1. The Morgan fingerprint density at radius 2 is 1.05 bits per heavy atom. The average molecular weight is 278 g/mol. The first-order valence-electron chi connectivity index (χ1n) is 7.36. The predicted octanol–water partition coefficient (Wildman–Crippen LogP) is 6.69. The SMILES string of the molecule is C=C/C=C\C=C.CC.CC.CC.Cc1ccc(O)cc1. The van der Waals surface area contributed by atoms with Crippen LogP contribution >= 0.6 is 0 Å². The number of rotatable bonds is 2. The zero-order valence-electron chi connectivity index (χ0n) is 14.5. The van der Waals surface area contributed by atoms with E-state index in [9.17, 15) is 0 Å². The lowest BCUT2D eigenvalue weighted by molar-refractivity contribution is 0.475. The van der Waals surface area contributed by atoms with Gasteiger partial charge in [-0.1, -0.05) is 96.7 Å². The molecule has 0 aliphatic rings. The number of phenols is 1.